The minimum absolute atomic E-state index is 0.299. The Kier molecular flexibility index (Phi) is 6.66. The minimum atomic E-state index is -0.373. The van der Waals surface area contributed by atoms with Crippen molar-refractivity contribution in [2.24, 2.45) is 7.05 Å². The minimum Gasteiger partial charge on any atom is -0.434 e. The average Bonchev–Trinajstić information content (AvgIpc) is 3.54. The van der Waals surface area contributed by atoms with E-state index in [1.165, 1.54) is 6.07 Å². The molecule has 0 fully saturated rings. The molecule has 2 aromatic heterocycles. The van der Waals surface area contributed by atoms with Crippen LogP contribution >= 0.6 is 11.6 Å². The number of nitrogens with zero attached hydrogens (tertiary/aromatic N) is 5. The number of fused-ring (bicyclic) bond motifs is 2. The normalized spacial score (nSPS) is 13.1. The lowest BCUT2D eigenvalue weighted by atomic mass is 9.92. The molecule has 1 N–H and O–H groups in total. The highest BCUT2D eigenvalue weighted by Gasteiger charge is 2.25. The Morgan fingerprint density at radius 3 is 2.66 bits per heavy atom. The first-order valence-corrected chi connectivity index (χ1v) is 13.4. The summed E-state index contributed by atoms with van der Waals surface area (Å²) in [5, 5.41) is 13.4. The Morgan fingerprint density at radius 1 is 1.12 bits per heavy atom. The molecule has 0 radical (unpaired) electrons. The Hall–Kier alpha value is -4.78. The van der Waals surface area contributed by atoms with Gasteiger partial charge in [0.2, 0.25) is 5.89 Å². The van der Waals surface area contributed by atoms with E-state index < -0.39 is 0 Å². The van der Waals surface area contributed by atoms with Crippen LogP contribution in [0.2, 0.25) is 5.02 Å². The van der Waals surface area contributed by atoms with Crippen molar-refractivity contribution in [3.8, 4) is 28.7 Å². The van der Waals surface area contributed by atoms with Crippen LogP contribution in [0.3, 0.4) is 0 Å². The molecule has 3 heterocycles. The standard InChI is InChI=1S/C31H25ClN6O3/c1-17-19(6-4-7-20(17)31-36-25-13-18(16-39)12-23(32)28(25)41-31)21-8-5-9-24(22(21)14-33)35-30(40)29-34-26-15-37(2)11-10-27(26)38(29)3/h4-9,12-13,16H,10-11,15H2,1-3H3,(H,35,40). The average molecular weight is 565 g/mol. The van der Waals surface area contributed by atoms with Crippen LogP contribution in [-0.4, -0.2) is 45.2 Å². The van der Waals surface area contributed by atoms with Crippen LogP contribution < -0.4 is 5.32 Å². The highest BCUT2D eigenvalue weighted by atomic mass is 35.5. The van der Waals surface area contributed by atoms with Crippen molar-refractivity contribution in [1.82, 2.24) is 19.4 Å². The SMILES string of the molecule is Cc1c(-c2nc3cc(C=O)cc(Cl)c3o2)cccc1-c1cccc(NC(=O)c2nc3c(n2C)CCN(C)C3)c1C#N. The molecule has 9 nitrogen and oxygen atoms in total. The summed E-state index contributed by atoms with van der Waals surface area (Å²) in [6.07, 6.45) is 1.53. The molecule has 0 atom stereocenters. The van der Waals surface area contributed by atoms with Gasteiger partial charge in [0.05, 0.1) is 22.0 Å². The number of imidazole rings is 1. The summed E-state index contributed by atoms with van der Waals surface area (Å²) < 4.78 is 7.84. The van der Waals surface area contributed by atoms with Crippen LogP contribution in [-0.2, 0) is 20.0 Å². The van der Waals surface area contributed by atoms with Crippen molar-refractivity contribution >= 4 is 40.6 Å². The van der Waals surface area contributed by atoms with E-state index in [4.69, 9.17) is 16.0 Å². The number of halogens is 1. The first-order valence-electron chi connectivity index (χ1n) is 13.0. The predicted molar refractivity (Wildman–Crippen MR) is 156 cm³/mol. The fourth-order valence-electron chi connectivity index (χ4n) is 5.40. The van der Waals surface area contributed by atoms with Crippen molar-refractivity contribution in [2.75, 3.05) is 18.9 Å². The number of rotatable bonds is 5. The molecule has 0 spiro atoms. The molecule has 0 saturated heterocycles. The zero-order chi connectivity index (χ0) is 28.8. The third kappa shape index (κ3) is 4.57. The van der Waals surface area contributed by atoms with Gasteiger partial charge in [0.25, 0.3) is 5.91 Å². The van der Waals surface area contributed by atoms with E-state index in [9.17, 15) is 14.9 Å². The van der Waals surface area contributed by atoms with Gasteiger partial charge in [-0.05, 0) is 49.4 Å². The monoisotopic (exact) mass is 564 g/mol. The van der Waals surface area contributed by atoms with Gasteiger partial charge in [-0.2, -0.15) is 5.26 Å². The molecular formula is C31H25ClN6O3. The van der Waals surface area contributed by atoms with E-state index in [-0.39, 0.29) is 5.91 Å². The smallest absolute Gasteiger partial charge is 0.291 e. The van der Waals surface area contributed by atoms with Crippen molar-refractivity contribution in [1.29, 1.82) is 5.26 Å². The number of benzene rings is 3. The second kappa shape index (κ2) is 10.3. The van der Waals surface area contributed by atoms with Crippen LogP contribution in [0.15, 0.2) is 52.9 Å². The summed E-state index contributed by atoms with van der Waals surface area (Å²) in [7, 11) is 3.88. The number of nitriles is 1. The van der Waals surface area contributed by atoms with Crippen molar-refractivity contribution in [3.63, 3.8) is 0 Å². The van der Waals surface area contributed by atoms with E-state index in [0.29, 0.717) is 68.6 Å². The number of anilines is 1. The van der Waals surface area contributed by atoms with E-state index in [1.807, 2.05) is 49.9 Å². The molecule has 0 unspecified atom stereocenters. The molecule has 10 heteroatoms. The first-order chi connectivity index (χ1) is 19.8. The molecule has 1 aliphatic rings. The van der Waals surface area contributed by atoms with Gasteiger partial charge >= 0.3 is 0 Å². The fourth-order valence-corrected chi connectivity index (χ4v) is 5.66. The van der Waals surface area contributed by atoms with Crippen LogP contribution in [0.4, 0.5) is 5.69 Å². The van der Waals surface area contributed by atoms with Gasteiger partial charge in [-0.15, -0.1) is 0 Å². The Labute approximate surface area is 241 Å². The third-order valence-corrected chi connectivity index (χ3v) is 7.81. The first kappa shape index (κ1) is 26.4. The van der Waals surface area contributed by atoms with Crippen molar-refractivity contribution in [3.05, 3.63) is 87.5 Å². The van der Waals surface area contributed by atoms with Gasteiger partial charge in [-0.1, -0.05) is 35.9 Å². The molecule has 3 aromatic carbocycles. The molecule has 1 amide bonds. The lowest BCUT2D eigenvalue weighted by Gasteiger charge is -2.21. The molecule has 1 aliphatic heterocycles. The fraction of sp³-hybridized carbons (Fsp3) is 0.194. The number of aromatic nitrogens is 3. The van der Waals surface area contributed by atoms with E-state index in [1.54, 1.807) is 18.2 Å². The molecule has 0 bridgehead atoms. The molecule has 0 saturated carbocycles. The lowest BCUT2D eigenvalue weighted by Crippen LogP contribution is -2.27. The Bertz CT molecular complexity index is 1920. The van der Waals surface area contributed by atoms with Crippen LogP contribution in [0, 0.1) is 18.3 Å². The number of nitrogens with one attached hydrogen (secondary N) is 1. The number of aldehydes is 1. The number of amides is 1. The van der Waals surface area contributed by atoms with Gasteiger partial charge < -0.3 is 19.2 Å². The van der Waals surface area contributed by atoms with Crippen LogP contribution in [0.1, 0.15) is 43.5 Å². The molecule has 204 valence electrons. The van der Waals surface area contributed by atoms with Crippen LogP contribution in [0.5, 0.6) is 0 Å². The number of hydrogen-bond acceptors (Lipinski definition) is 7. The summed E-state index contributed by atoms with van der Waals surface area (Å²) in [6.45, 7) is 3.51. The third-order valence-electron chi connectivity index (χ3n) is 7.53. The number of carbonyl (C=O) groups is 2. The summed E-state index contributed by atoms with van der Waals surface area (Å²) >= 11 is 6.33. The maximum absolute atomic E-state index is 13.3. The van der Waals surface area contributed by atoms with E-state index in [2.05, 4.69) is 26.3 Å². The van der Waals surface area contributed by atoms with Gasteiger partial charge in [-0.3, -0.25) is 9.59 Å². The molecule has 0 aliphatic carbocycles. The number of hydrogen-bond donors (Lipinski definition) is 1. The molecule has 41 heavy (non-hydrogen) atoms. The summed E-state index contributed by atoms with van der Waals surface area (Å²) in [5.41, 5.74) is 6.93. The molecule has 6 rings (SSSR count). The highest BCUT2D eigenvalue weighted by Crippen LogP contribution is 2.37. The van der Waals surface area contributed by atoms with Gasteiger partial charge in [0.15, 0.2) is 11.4 Å². The van der Waals surface area contributed by atoms with Crippen LogP contribution in [0.25, 0.3) is 33.7 Å². The lowest BCUT2D eigenvalue weighted by molar-refractivity contribution is 0.101. The Morgan fingerprint density at radius 2 is 1.88 bits per heavy atom. The van der Waals surface area contributed by atoms with Crippen molar-refractivity contribution < 1.29 is 14.0 Å². The second-order valence-corrected chi connectivity index (χ2v) is 10.5. The highest BCUT2D eigenvalue weighted by molar-refractivity contribution is 6.35. The van der Waals surface area contributed by atoms with Gasteiger partial charge in [-0.25, -0.2) is 9.97 Å². The largest absolute Gasteiger partial charge is 0.434 e. The van der Waals surface area contributed by atoms with E-state index in [0.717, 1.165) is 35.5 Å². The second-order valence-electron chi connectivity index (χ2n) is 10.1. The summed E-state index contributed by atoms with van der Waals surface area (Å²) in [4.78, 5) is 36.0. The number of carbonyl (C=O) groups excluding carboxylic acids is 2. The Balaban J connectivity index is 1.37. The maximum atomic E-state index is 13.3. The van der Waals surface area contributed by atoms with Crippen molar-refractivity contribution in [2.45, 2.75) is 19.9 Å². The summed E-state index contributed by atoms with van der Waals surface area (Å²) in [5.74, 6) is 0.281. The topological polar surface area (TPSA) is 117 Å². The zero-order valence-corrected chi connectivity index (χ0v) is 23.4. The van der Waals surface area contributed by atoms with Gasteiger partial charge in [0.1, 0.15) is 17.9 Å². The predicted octanol–water partition coefficient (Wildman–Crippen LogP) is 5.78. The quantitative estimate of drug-likeness (QED) is 0.269. The maximum Gasteiger partial charge on any atom is 0.291 e. The van der Waals surface area contributed by atoms with E-state index >= 15 is 0 Å². The number of likely N-dealkylation sites (N-methyl/N-ethyl adjacent to an activating group) is 1. The van der Waals surface area contributed by atoms with Gasteiger partial charge in [0, 0.05) is 48.9 Å². The summed E-state index contributed by atoms with van der Waals surface area (Å²) in [6, 6.07) is 16.4. The molecular weight excluding hydrogens is 540 g/mol. The number of oxazole rings is 1. The zero-order valence-electron chi connectivity index (χ0n) is 22.7. The molecule has 5 aromatic rings.